The third kappa shape index (κ3) is 4.29. The maximum atomic E-state index is 12.9. The lowest BCUT2D eigenvalue weighted by Crippen LogP contribution is -2.25. The van der Waals surface area contributed by atoms with Crippen molar-refractivity contribution in [1.29, 1.82) is 0 Å². The van der Waals surface area contributed by atoms with Gasteiger partial charge in [-0.3, -0.25) is 4.79 Å². The standard InChI is InChI=1S/C27H30N2O5/c1-27(2,3)25-11-17-9-18(6-7-22(17)29(25)13-19(30)14-32-4)28-26(31)21-12-20(21)16-5-8-23-24(10-16)34-15-33-23/h5-11,19,30H,12-15H2,1-4H3,(H,28,31). The maximum Gasteiger partial charge on any atom is 0.252 e. The number of allylic oxidation sites excluding steroid dienone is 1. The van der Waals surface area contributed by atoms with E-state index in [0.717, 1.165) is 50.5 Å². The van der Waals surface area contributed by atoms with Gasteiger partial charge in [0.25, 0.3) is 5.91 Å². The smallest absolute Gasteiger partial charge is 0.252 e. The number of benzene rings is 2. The number of carbonyl (C=O) groups is 1. The molecule has 1 unspecified atom stereocenters. The van der Waals surface area contributed by atoms with E-state index in [1.807, 2.05) is 36.4 Å². The number of fused-ring (bicyclic) bond motifs is 2. The van der Waals surface area contributed by atoms with E-state index in [9.17, 15) is 9.90 Å². The molecule has 7 heteroatoms. The van der Waals surface area contributed by atoms with Gasteiger partial charge in [0, 0.05) is 46.8 Å². The van der Waals surface area contributed by atoms with Gasteiger partial charge in [0.05, 0.1) is 19.3 Å². The Balaban J connectivity index is 1.38. The topological polar surface area (TPSA) is 82.0 Å². The fraction of sp³-hybridized carbons (Fsp3) is 0.370. The number of hydrogen-bond acceptors (Lipinski definition) is 5. The van der Waals surface area contributed by atoms with Crippen LogP contribution in [0.3, 0.4) is 0 Å². The Bertz CT molecular complexity index is 1300. The fourth-order valence-corrected chi connectivity index (χ4v) is 4.54. The molecular weight excluding hydrogens is 432 g/mol. The highest BCUT2D eigenvalue weighted by molar-refractivity contribution is 6.16. The van der Waals surface area contributed by atoms with Crippen LogP contribution in [0.2, 0.25) is 0 Å². The monoisotopic (exact) mass is 462 g/mol. The van der Waals surface area contributed by atoms with E-state index in [4.69, 9.17) is 14.2 Å². The predicted octanol–water partition coefficient (Wildman–Crippen LogP) is 4.47. The molecule has 34 heavy (non-hydrogen) atoms. The molecule has 0 saturated carbocycles. The molecule has 0 saturated heterocycles. The third-order valence-corrected chi connectivity index (χ3v) is 6.27. The molecule has 2 aromatic carbocycles. The van der Waals surface area contributed by atoms with E-state index >= 15 is 0 Å². The molecule has 0 spiro atoms. The zero-order valence-electron chi connectivity index (χ0n) is 20.0. The Hall–Kier alpha value is -3.29. The zero-order chi connectivity index (χ0) is 24.0. The van der Waals surface area contributed by atoms with Crippen molar-refractivity contribution < 1.29 is 24.1 Å². The van der Waals surface area contributed by atoms with Gasteiger partial charge in [-0.05, 0) is 47.5 Å². The van der Waals surface area contributed by atoms with E-state index in [0.29, 0.717) is 13.0 Å². The molecule has 1 aromatic heterocycles. The molecule has 0 bridgehead atoms. The van der Waals surface area contributed by atoms with E-state index in [1.54, 1.807) is 7.11 Å². The van der Waals surface area contributed by atoms with Gasteiger partial charge in [-0.1, -0.05) is 26.8 Å². The number of hydrogen-bond donors (Lipinski definition) is 2. The summed E-state index contributed by atoms with van der Waals surface area (Å²) < 4.78 is 18.1. The second-order valence-corrected chi connectivity index (χ2v) is 9.93. The van der Waals surface area contributed by atoms with Crippen molar-refractivity contribution in [2.75, 3.05) is 25.8 Å². The molecule has 1 atom stereocenters. The highest BCUT2D eigenvalue weighted by Crippen LogP contribution is 2.44. The Morgan fingerprint density at radius 3 is 2.71 bits per heavy atom. The molecule has 2 heterocycles. The number of ether oxygens (including phenoxy) is 3. The van der Waals surface area contributed by atoms with Crippen molar-refractivity contribution in [1.82, 2.24) is 4.57 Å². The average Bonchev–Trinajstić information content (AvgIpc) is 3.31. The number of methoxy groups -OCH3 is 1. The minimum Gasteiger partial charge on any atom is -0.454 e. The van der Waals surface area contributed by atoms with Crippen molar-refractivity contribution in [3.8, 4) is 11.5 Å². The minimum absolute atomic E-state index is 0.0852. The van der Waals surface area contributed by atoms with E-state index in [-0.39, 0.29) is 24.7 Å². The molecule has 1 amide bonds. The summed E-state index contributed by atoms with van der Waals surface area (Å²) in [6.07, 6.45) is 0.0628. The summed E-state index contributed by atoms with van der Waals surface area (Å²) >= 11 is 0. The number of aliphatic hydroxyl groups excluding tert-OH is 1. The average molecular weight is 463 g/mol. The third-order valence-electron chi connectivity index (χ3n) is 6.27. The number of aliphatic hydroxyl groups is 1. The molecule has 1 aliphatic carbocycles. The molecule has 2 aliphatic rings. The van der Waals surface area contributed by atoms with Gasteiger partial charge in [-0.25, -0.2) is 0 Å². The fourth-order valence-electron chi connectivity index (χ4n) is 4.54. The van der Waals surface area contributed by atoms with Crippen LogP contribution in [0.1, 0.15) is 38.4 Å². The second kappa shape index (κ2) is 8.49. The Morgan fingerprint density at radius 2 is 1.94 bits per heavy atom. The van der Waals surface area contributed by atoms with Crippen LogP contribution in [0.5, 0.6) is 11.5 Å². The van der Waals surface area contributed by atoms with Gasteiger partial charge in [0.2, 0.25) is 6.79 Å². The summed E-state index contributed by atoms with van der Waals surface area (Å²) in [5.74, 6) is 1.37. The molecule has 0 radical (unpaired) electrons. The highest BCUT2D eigenvalue weighted by Gasteiger charge is 2.31. The maximum absolute atomic E-state index is 12.9. The second-order valence-electron chi connectivity index (χ2n) is 9.93. The molecule has 0 fully saturated rings. The SMILES string of the molecule is COCC(O)Cn1c(C(C)(C)C)cc2cc(NC(=O)C3=C(c4ccc5c(c4)OCO5)C3)ccc21. The molecule has 7 nitrogen and oxygen atoms in total. The molecule has 1 aliphatic heterocycles. The first-order valence-electron chi connectivity index (χ1n) is 11.5. The number of anilines is 1. The van der Waals surface area contributed by atoms with Crippen LogP contribution < -0.4 is 14.8 Å². The summed E-state index contributed by atoms with van der Waals surface area (Å²) in [4.78, 5) is 12.9. The zero-order valence-corrected chi connectivity index (χ0v) is 20.0. The van der Waals surface area contributed by atoms with E-state index < -0.39 is 6.10 Å². The van der Waals surface area contributed by atoms with Crippen molar-refractivity contribution in [3.05, 3.63) is 59.3 Å². The molecular formula is C27H30N2O5. The van der Waals surface area contributed by atoms with Crippen LogP contribution in [-0.4, -0.2) is 42.2 Å². The number of carbonyl (C=O) groups excluding carboxylic acids is 1. The lowest BCUT2D eigenvalue weighted by Gasteiger charge is -2.23. The van der Waals surface area contributed by atoms with Crippen molar-refractivity contribution >= 4 is 28.1 Å². The summed E-state index contributed by atoms with van der Waals surface area (Å²) in [6.45, 7) is 7.41. The number of nitrogens with one attached hydrogen (secondary N) is 1. The Kier molecular flexibility index (Phi) is 5.62. The van der Waals surface area contributed by atoms with Crippen LogP contribution >= 0.6 is 0 Å². The van der Waals surface area contributed by atoms with Gasteiger partial charge in [-0.15, -0.1) is 0 Å². The lowest BCUT2D eigenvalue weighted by molar-refractivity contribution is -0.112. The lowest BCUT2D eigenvalue weighted by atomic mass is 9.92. The van der Waals surface area contributed by atoms with Gasteiger partial charge in [0.1, 0.15) is 0 Å². The number of rotatable bonds is 7. The highest BCUT2D eigenvalue weighted by atomic mass is 16.7. The first-order valence-corrected chi connectivity index (χ1v) is 11.5. The van der Waals surface area contributed by atoms with Gasteiger partial charge < -0.3 is 29.2 Å². The number of aromatic nitrogens is 1. The summed E-state index contributed by atoms with van der Waals surface area (Å²) in [5.41, 5.74) is 5.59. The van der Waals surface area contributed by atoms with Gasteiger partial charge in [-0.2, -0.15) is 0 Å². The minimum atomic E-state index is -0.600. The molecule has 3 aromatic rings. The number of nitrogens with zero attached hydrogens (tertiary/aromatic N) is 1. The van der Waals surface area contributed by atoms with E-state index in [1.165, 1.54) is 0 Å². The molecule has 178 valence electrons. The quantitative estimate of drug-likeness (QED) is 0.541. The summed E-state index contributed by atoms with van der Waals surface area (Å²) in [5, 5.41) is 14.4. The first kappa shape index (κ1) is 22.5. The van der Waals surface area contributed by atoms with Crippen LogP contribution in [0.15, 0.2) is 48.0 Å². The van der Waals surface area contributed by atoms with Crippen molar-refractivity contribution in [3.63, 3.8) is 0 Å². The summed E-state index contributed by atoms with van der Waals surface area (Å²) in [6, 6.07) is 13.8. The molecule has 2 N–H and O–H groups in total. The van der Waals surface area contributed by atoms with Crippen molar-refractivity contribution in [2.45, 2.75) is 45.3 Å². The van der Waals surface area contributed by atoms with E-state index in [2.05, 4.69) is 36.7 Å². The van der Waals surface area contributed by atoms with Crippen LogP contribution in [0, 0.1) is 0 Å². The largest absolute Gasteiger partial charge is 0.454 e. The van der Waals surface area contributed by atoms with Crippen LogP contribution in [0.4, 0.5) is 5.69 Å². The Labute approximate surface area is 198 Å². The summed E-state index contributed by atoms with van der Waals surface area (Å²) in [7, 11) is 1.59. The first-order chi connectivity index (χ1) is 16.2. The Morgan fingerprint density at radius 1 is 1.15 bits per heavy atom. The van der Waals surface area contributed by atoms with Crippen LogP contribution in [0.25, 0.3) is 16.5 Å². The van der Waals surface area contributed by atoms with Gasteiger partial charge >= 0.3 is 0 Å². The van der Waals surface area contributed by atoms with Gasteiger partial charge in [0.15, 0.2) is 11.5 Å². The van der Waals surface area contributed by atoms with Crippen LogP contribution in [-0.2, 0) is 21.5 Å². The molecule has 5 rings (SSSR count). The number of amides is 1. The normalized spacial score (nSPS) is 15.7. The predicted molar refractivity (Wildman–Crippen MR) is 131 cm³/mol. The van der Waals surface area contributed by atoms with Crippen molar-refractivity contribution in [2.24, 2.45) is 0 Å².